The van der Waals surface area contributed by atoms with Gasteiger partial charge < -0.3 is 15.7 Å². The molecule has 1 rings (SSSR count). The van der Waals surface area contributed by atoms with Gasteiger partial charge in [0.15, 0.2) is 0 Å². The van der Waals surface area contributed by atoms with Gasteiger partial charge in [0, 0.05) is 17.3 Å². The van der Waals surface area contributed by atoms with E-state index < -0.39 is 0 Å². The molecule has 1 amide bonds. The van der Waals surface area contributed by atoms with Crippen LogP contribution in [0.3, 0.4) is 0 Å². The molecule has 0 fully saturated rings. The summed E-state index contributed by atoms with van der Waals surface area (Å²) in [6.07, 6.45) is 0. The first-order valence-electron chi connectivity index (χ1n) is 5.46. The molecule has 1 aromatic carbocycles. The molecule has 0 bridgehead atoms. The SMILES string of the molecule is Cc1ccc(NC(=O)C(C)NCCO)cc1Cl. The molecule has 17 heavy (non-hydrogen) atoms. The van der Waals surface area contributed by atoms with E-state index in [4.69, 9.17) is 16.7 Å². The second-order valence-corrected chi connectivity index (χ2v) is 4.26. The molecule has 0 aliphatic heterocycles. The van der Waals surface area contributed by atoms with E-state index in [0.717, 1.165) is 5.56 Å². The number of carbonyl (C=O) groups excluding carboxylic acids is 1. The molecular weight excluding hydrogens is 240 g/mol. The maximum absolute atomic E-state index is 11.7. The zero-order valence-electron chi connectivity index (χ0n) is 9.96. The Morgan fingerprint density at radius 1 is 1.53 bits per heavy atom. The van der Waals surface area contributed by atoms with Crippen LogP contribution in [0.15, 0.2) is 18.2 Å². The van der Waals surface area contributed by atoms with E-state index in [2.05, 4.69) is 10.6 Å². The molecule has 0 saturated heterocycles. The van der Waals surface area contributed by atoms with Gasteiger partial charge >= 0.3 is 0 Å². The number of aliphatic hydroxyl groups is 1. The van der Waals surface area contributed by atoms with Crippen LogP contribution in [0.5, 0.6) is 0 Å². The Balaban J connectivity index is 2.58. The molecule has 1 atom stereocenters. The summed E-state index contributed by atoms with van der Waals surface area (Å²) in [5, 5.41) is 14.9. The molecule has 0 heterocycles. The lowest BCUT2D eigenvalue weighted by atomic mass is 10.2. The fourth-order valence-corrected chi connectivity index (χ4v) is 1.48. The van der Waals surface area contributed by atoms with Crippen LogP contribution in [-0.2, 0) is 4.79 Å². The summed E-state index contributed by atoms with van der Waals surface area (Å²) in [7, 11) is 0. The maximum Gasteiger partial charge on any atom is 0.241 e. The minimum absolute atomic E-state index is 0.00792. The molecule has 0 aromatic heterocycles. The van der Waals surface area contributed by atoms with Gasteiger partial charge in [0.1, 0.15) is 0 Å². The molecule has 5 heteroatoms. The van der Waals surface area contributed by atoms with Gasteiger partial charge in [0.2, 0.25) is 5.91 Å². The summed E-state index contributed by atoms with van der Waals surface area (Å²) < 4.78 is 0. The van der Waals surface area contributed by atoms with Gasteiger partial charge in [-0.2, -0.15) is 0 Å². The second kappa shape index (κ2) is 6.59. The number of nitrogens with one attached hydrogen (secondary N) is 2. The first kappa shape index (κ1) is 14.0. The van der Waals surface area contributed by atoms with Crippen molar-refractivity contribution in [1.29, 1.82) is 0 Å². The molecule has 0 aliphatic rings. The van der Waals surface area contributed by atoms with E-state index in [1.165, 1.54) is 0 Å². The average Bonchev–Trinajstić information content (AvgIpc) is 2.30. The number of aryl methyl sites for hydroxylation is 1. The van der Waals surface area contributed by atoms with E-state index in [9.17, 15) is 4.79 Å². The summed E-state index contributed by atoms with van der Waals surface area (Å²) in [5.74, 6) is -0.154. The van der Waals surface area contributed by atoms with Crippen molar-refractivity contribution < 1.29 is 9.90 Å². The van der Waals surface area contributed by atoms with Crippen molar-refractivity contribution in [3.8, 4) is 0 Å². The number of carbonyl (C=O) groups is 1. The van der Waals surface area contributed by atoms with Gasteiger partial charge in [-0.05, 0) is 31.5 Å². The number of benzene rings is 1. The fourth-order valence-electron chi connectivity index (χ4n) is 1.29. The van der Waals surface area contributed by atoms with Crippen molar-refractivity contribution in [2.75, 3.05) is 18.5 Å². The van der Waals surface area contributed by atoms with E-state index in [0.29, 0.717) is 17.3 Å². The van der Waals surface area contributed by atoms with Gasteiger partial charge in [0.25, 0.3) is 0 Å². The predicted octanol–water partition coefficient (Wildman–Crippen LogP) is 1.56. The Labute approximate surface area is 106 Å². The largest absolute Gasteiger partial charge is 0.395 e. The Hall–Kier alpha value is -1.10. The Bertz CT molecular complexity index is 396. The van der Waals surface area contributed by atoms with Crippen LogP contribution >= 0.6 is 11.6 Å². The quantitative estimate of drug-likeness (QED) is 0.749. The lowest BCUT2D eigenvalue weighted by Crippen LogP contribution is -2.39. The van der Waals surface area contributed by atoms with E-state index in [1.54, 1.807) is 19.1 Å². The molecule has 0 spiro atoms. The average molecular weight is 257 g/mol. The Kier molecular flexibility index (Phi) is 5.41. The van der Waals surface area contributed by atoms with Crippen LogP contribution in [0.2, 0.25) is 5.02 Å². The minimum Gasteiger partial charge on any atom is -0.395 e. The van der Waals surface area contributed by atoms with E-state index in [-0.39, 0.29) is 18.6 Å². The Morgan fingerprint density at radius 3 is 2.82 bits per heavy atom. The van der Waals surface area contributed by atoms with Crippen molar-refractivity contribution in [2.24, 2.45) is 0 Å². The lowest BCUT2D eigenvalue weighted by molar-refractivity contribution is -0.117. The van der Waals surface area contributed by atoms with Gasteiger partial charge in [0.05, 0.1) is 12.6 Å². The number of hydrogen-bond acceptors (Lipinski definition) is 3. The molecule has 3 N–H and O–H groups in total. The highest BCUT2D eigenvalue weighted by Crippen LogP contribution is 2.19. The molecule has 4 nitrogen and oxygen atoms in total. The van der Waals surface area contributed by atoms with Crippen LogP contribution < -0.4 is 10.6 Å². The van der Waals surface area contributed by atoms with E-state index in [1.807, 2.05) is 13.0 Å². The van der Waals surface area contributed by atoms with Gasteiger partial charge in [-0.1, -0.05) is 17.7 Å². The summed E-state index contributed by atoms with van der Waals surface area (Å²) in [6.45, 7) is 4.04. The third-order valence-corrected chi connectivity index (χ3v) is 2.80. The number of anilines is 1. The summed E-state index contributed by atoms with van der Waals surface area (Å²) >= 11 is 5.96. The van der Waals surface area contributed by atoms with Crippen LogP contribution in [0.25, 0.3) is 0 Å². The number of rotatable bonds is 5. The second-order valence-electron chi connectivity index (χ2n) is 3.85. The van der Waals surface area contributed by atoms with Crippen molar-refractivity contribution in [1.82, 2.24) is 5.32 Å². The highest BCUT2D eigenvalue weighted by molar-refractivity contribution is 6.31. The standard InChI is InChI=1S/C12H17ClN2O2/c1-8-3-4-10(7-11(8)13)15-12(17)9(2)14-5-6-16/h3-4,7,9,14,16H,5-6H2,1-2H3,(H,15,17). The Morgan fingerprint density at radius 2 is 2.24 bits per heavy atom. The molecule has 0 saturated carbocycles. The van der Waals surface area contributed by atoms with Crippen LogP contribution in [-0.4, -0.2) is 30.2 Å². The highest BCUT2D eigenvalue weighted by Gasteiger charge is 2.11. The molecule has 1 unspecified atom stereocenters. The van der Waals surface area contributed by atoms with Crippen molar-refractivity contribution in [2.45, 2.75) is 19.9 Å². The number of aliphatic hydroxyl groups excluding tert-OH is 1. The highest BCUT2D eigenvalue weighted by atomic mass is 35.5. The smallest absolute Gasteiger partial charge is 0.241 e. The summed E-state index contributed by atoms with van der Waals surface area (Å²) in [6, 6.07) is 5.01. The van der Waals surface area contributed by atoms with Crippen molar-refractivity contribution >= 4 is 23.2 Å². The third-order valence-electron chi connectivity index (χ3n) is 2.39. The first-order chi connectivity index (χ1) is 8.04. The molecule has 94 valence electrons. The van der Waals surface area contributed by atoms with Crippen LogP contribution in [0.4, 0.5) is 5.69 Å². The van der Waals surface area contributed by atoms with Crippen molar-refractivity contribution in [3.63, 3.8) is 0 Å². The normalized spacial score (nSPS) is 12.2. The van der Waals surface area contributed by atoms with Gasteiger partial charge in [-0.3, -0.25) is 4.79 Å². The van der Waals surface area contributed by atoms with E-state index >= 15 is 0 Å². The molecule has 1 aromatic rings. The zero-order chi connectivity index (χ0) is 12.8. The topological polar surface area (TPSA) is 61.4 Å². The van der Waals surface area contributed by atoms with Crippen LogP contribution in [0, 0.1) is 6.92 Å². The number of hydrogen-bond donors (Lipinski definition) is 3. The number of amides is 1. The number of halogens is 1. The molecular formula is C12H17ClN2O2. The third kappa shape index (κ3) is 4.34. The summed E-state index contributed by atoms with van der Waals surface area (Å²) in [4.78, 5) is 11.7. The molecule has 0 aliphatic carbocycles. The fraction of sp³-hybridized carbons (Fsp3) is 0.417. The summed E-state index contributed by atoms with van der Waals surface area (Å²) in [5.41, 5.74) is 1.64. The zero-order valence-corrected chi connectivity index (χ0v) is 10.7. The predicted molar refractivity (Wildman–Crippen MR) is 69.4 cm³/mol. The van der Waals surface area contributed by atoms with Crippen molar-refractivity contribution in [3.05, 3.63) is 28.8 Å². The monoisotopic (exact) mass is 256 g/mol. The lowest BCUT2D eigenvalue weighted by Gasteiger charge is -2.13. The van der Waals surface area contributed by atoms with Gasteiger partial charge in [-0.25, -0.2) is 0 Å². The van der Waals surface area contributed by atoms with Crippen LogP contribution in [0.1, 0.15) is 12.5 Å². The minimum atomic E-state index is -0.359. The van der Waals surface area contributed by atoms with Gasteiger partial charge in [-0.15, -0.1) is 0 Å². The maximum atomic E-state index is 11.7. The molecule has 0 radical (unpaired) electrons. The first-order valence-corrected chi connectivity index (χ1v) is 5.83.